The van der Waals surface area contributed by atoms with Crippen LogP contribution in [0.4, 0.5) is 11.4 Å². The molecule has 0 saturated heterocycles. The van der Waals surface area contributed by atoms with Crippen molar-refractivity contribution in [3.8, 4) is 34.1 Å². The Morgan fingerprint density at radius 1 is 0.974 bits per heavy atom. The number of nitro benzene ring substituents is 1. The lowest BCUT2D eigenvalue weighted by molar-refractivity contribution is -0.385. The number of allylic oxidation sites excluding steroid dienone is 1. The topological polar surface area (TPSA) is 92.1 Å². The summed E-state index contributed by atoms with van der Waals surface area (Å²) in [5.41, 5.74) is 5.54. The first-order valence-electron chi connectivity index (χ1n) is 12.6. The van der Waals surface area contributed by atoms with E-state index < -0.39 is 4.92 Å². The number of ether oxygens (including phenoxy) is 3. The monoisotopic (exact) mass is 550 g/mol. The van der Waals surface area contributed by atoms with Gasteiger partial charge in [-0.1, -0.05) is 26.0 Å². The zero-order chi connectivity index (χ0) is 28.3. The van der Waals surface area contributed by atoms with Crippen LogP contribution in [-0.2, 0) is 6.61 Å². The van der Waals surface area contributed by atoms with Gasteiger partial charge in [0, 0.05) is 39.8 Å². The van der Waals surface area contributed by atoms with E-state index in [4.69, 9.17) is 18.4 Å². The van der Waals surface area contributed by atoms with Gasteiger partial charge in [0.05, 0.1) is 42.8 Å². The summed E-state index contributed by atoms with van der Waals surface area (Å²) in [4.78, 5) is 11.0. The fourth-order valence-electron chi connectivity index (χ4n) is 4.74. The van der Waals surface area contributed by atoms with Gasteiger partial charge >= 0.3 is 0 Å². The van der Waals surface area contributed by atoms with Gasteiger partial charge in [0.15, 0.2) is 11.5 Å². The average molecular weight is 551 g/mol. The third-order valence-electron chi connectivity index (χ3n) is 6.27. The quantitative estimate of drug-likeness (QED) is 0.155. The van der Waals surface area contributed by atoms with Crippen LogP contribution in [0.2, 0.25) is 0 Å². The summed E-state index contributed by atoms with van der Waals surface area (Å²) >= 11 is 1.39. The molecule has 0 amide bonds. The number of methoxy groups -OCH3 is 2. The summed E-state index contributed by atoms with van der Waals surface area (Å²) in [6, 6.07) is 14.2. The van der Waals surface area contributed by atoms with Crippen LogP contribution in [-0.4, -0.2) is 29.9 Å². The molecule has 0 unspecified atom stereocenters. The van der Waals surface area contributed by atoms with Crippen LogP contribution in [0.3, 0.4) is 0 Å². The second kappa shape index (κ2) is 11.5. The molecule has 0 bridgehead atoms. The Morgan fingerprint density at radius 2 is 1.69 bits per heavy atom. The van der Waals surface area contributed by atoms with Gasteiger partial charge in [-0.05, 0) is 56.2 Å². The second-order valence-corrected chi connectivity index (χ2v) is 11.5. The van der Waals surface area contributed by atoms with Gasteiger partial charge in [-0.25, -0.2) is 0 Å². The molecular weight excluding hydrogens is 516 g/mol. The lowest BCUT2D eigenvalue weighted by Crippen LogP contribution is -2.32. The Balaban J connectivity index is 1.83. The van der Waals surface area contributed by atoms with Crippen molar-refractivity contribution in [1.82, 2.24) is 0 Å². The molecule has 0 saturated carbocycles. The number of benzene rings is 3. The molecule has 8 nitrogen and oxygen atoms in total. The molecule has 0 fully saturated rings. The van der Waals surface area contributed by atoms with E-state index in [1.54, 1.807) is 13.2 Å². The van der Waals surface area contributed by atoms with Crippen LogP contribution >= 0.6 is 12.0 Å². The minimum absolute atomic E-state index is 0.0721. The van der Waals surface area contributed by atoms with Gasteiger partial charge in [-0.2, -0.15) is 0 Å². The summed E-state index contributed by atoms with van der Waals surface area (Å²) in [5.74, 6) is 2.07. The summed E-state index contributed by atoms with van der Waals surface area (Å²) in [6.45, 7) is 10.6. The minimum Gasteiger partial charge on any atom is -0.496 e. The largest absolute Gasteiger partial charge is 0.496 e. The Labute approximate surface area is 233 Å². The standard InChI is InChI=1S/C30H34N2O6S/c1-18(2)39-38-21-9-10-23(27(15-21)36-7)22-11-12-25-29(19(3)16-30(4,5)31-25)24(22)17-37-28-14-20(32(33)34)8-13-26(28)35-6/h8-16,18,31H,17H2,1-7H3. The molecule has 0 aliphatic carbocycles. The Kier molecular flexibility index (Phi) is 8.30. The molecule has 1 aliphatic heterocycles. The van der Waals surface area contributed by atoms with Gasteiger partial charge in [-0.3, -0.25) is 10.1 Å². The molecule has 0 spiro atoms. The van der Waals surface area contributed by atoms with Crippen LogP contribution in [0.25, 0.3) is 16.7 Å². The molecule has 3 aromatic rings. The van der Waals surface area contributed by atoms with E-state index in [2.05, 4.69) is 52.1 Å². The number of fused-ring (bicyclic) bond motifs is 1. The first-order chi connectivity index (χ1) is 18.5. The zero-order valence-electron chi connectivity index (χ0n) is 23.3. The fraction of sp³-hybridized carbons (Fsp3) is 0.333. The molecule has 1 heterocycles. The van der Waals surface area contributed by atoms with Gasteiger partial charge in [0.25, 0.3) is 5.69 Å². The number of nitrogens with one attached hydrogen (secondary N) is 1. The van der Waals surface area contributed by atoms with Crippen molar-refractivity contribution in [2.24, 2.45) is 0 Å². The van der Waals surface area contributed by atoms with Crippen molar-refractivity contribution >= 4 is 29.0 Å². The van der Waals surface area contributed by atoms with Crippen LogP contribution in [0.5, 0.6) is 23.0 Å². The average Bonchev–Trinajstić information content (AvgIpc) is 2.89. The Hall–Kier alpha value is -3.85. The fourth-order valence-corrected chi connectivity index (χ4v) is 5.15. The third kappa shape index (κ3) is 6.25. The van der Waals surface area contributed by atoms with E-state index in [9.17, 15) is 10.1 Å². The summed E-state index contributed by atoms with van der Waals surface area (Å²) < 4.78 is 23.3. The van der Waals surface area contributed by atoms with Gasteiger partial charge < -0.3 is 23.7 Å². The molecule has 1 aliphatic rings. The van der Waals surface area contributed by atoms with Gasteiger partial charge in [0.2, 0.25) is 0 Å². The molecule has 0 aromatic heterocycles. The van der Waals surface area contributed by atoms with E-state index in [0.29, 0.717) is 28.2 Å². The number of hydrogen-bond donors (Lipinski definition) is 1. The van der Waals surface area contributed by atoms with Gasteiger partial charge in [-0.15, -0.1) is 0 Å². The molecule has 0 atom stereocenters. The number of nitrogens with zero attached hydrogens (tertiary/aromatic N) is 1. The molecule has 0 radical (unpaired) electrons. The molecule has 3 aromatic carbocycles. The van der Waals surface area contributed by atoms with Crippen LogP contribution in [0.1, 0.15) is 45.7 Å². The smallest absolute Gasteiger partial charge is 0.273 e. The zero-order valence-corrected chi connectivity index (χ0v) is 24.1. The lowest BCUT2D eigenvalue weighted by atomic mass is 9.85. The summed E-state index contributed by atoms with van der Waals surface area (Å²) in [6.07, 6.45) is 2.19. The van der Waals surface area contributed by atoms with E-state index in [0.717, 1.165) is 33.5 Å². The van der Waals surface area contributed by atoms with Crippen molar-refractivity contribution < 1.29 is 23.3 Å². The highest BCUT2D eigenvalue weighted by Gasteiger charge is 2.27. The van der Waals surface area contributed by atoms with E-state index in [1.165, 1.54) is 31.3 Å². The van der Waals surface area contributed by atoms with E-state index in [1.807, 2.05) is 24.3 Å². The molecule has 1 N–H and O–H groups in total. The maximum atomic E-state index is 11.4. The first kappa shape index (κ1) is 28.2. The minimum atomic E-state index is -0.451. The SMILES string of the molecule is COc1ccc([N+](=O)[O-])cc1OCc1c(-c2ccc(OSC(C)C)cc2OC)ccc2c1C(C)=CC(C)(C)N2. The van der Waals surface area contributed by atoms with Crippen LogP contribution in [0.15, 0.2) is 54.6 Å². The van der Waals surface area contributed by atoms with Crippen molar-refractivity contribution in [3.63, 3.8) is 0 Å². The highest BCUT2D eigenvalue weighted by molar-refractivity contribution is 7.95. The Bertz CT molecular complexity index is 1420. The number of nitro groups is 1. The van der Waals surface area contributed by atoms with Crippen LogP contribution in [0, 0.1) is 10.1 Å². The summed E-state index contributed by atoms with van der Waals surface area (Å²) in [5, 5.41) is 15.3. The van der Waals surface area contributed by atoms with Crippen LogP contribution < -0.4 is 23.7 Å². The summed E-state index contributed by atoms with van der Waals surface area (Å²) in [7, 11) is 3.14. The van der Waals surface area contributed by atoms with Gasteiger partial charge in [0.1, 0.15) is 18.1 Å². The molecule has 4 rings (SSSR count). The third-order valence-corrected chi connectivity index (χ3v) is 6.94. The van der Waals surface area contributed by atoms with Crippen molar-refractivity contribution in [2.45, 2.75) is 52.0 Å². The lowest BCUT2D eigenvalue weighted by Gasteiger charge is -2.33. The number of rotatable bonds is 10. The van der Waals surface area contributed by atoms with E-state index >= 15 is 0 Å². The maximum absolute atomic E-state index is 11.4. The highest BCUT2D eigenvalue weighted by Crippen LogP contribution is 2.44. The molecule has 9 heteroatoms. The molecule has 206 valence electrons. The molecular formula is C30H34N2O6S. The Morgan fingerprint density at radius 3 is 2.36 bits per heavy atom. The predicted octanol–water partition coefficient (Wildman–Crippen LogP) is 7.90. The first-order valence-corrected chi connectivity index (χ1v) is 13.4. The number of non-ortho nitro benzene ring substituents is 1. The van der Waals surface area contributed by atoms with E-state index in [-0.39, 0.29) is 17.8 Å². The van der Waals surface area contributed by atoms with Crippen molar-refractivity contribution in [1.29, 1.82) is 0 Å². The normalized spacial score (nSPS) is 13.7. The number of anilines is 1. The number of hydrogen-bond acceptors (Lipinski definition) is 8. The van der Waals surface area contributed by atoms with Crippen molar-refractivity contribution in [3.05, 3.63) is 75.8 Å². The van der Waals surface area contributed by atoms with Crippen molar-refractivity contribution in [2.75, 3.05) is 19.5 Å². The maximum Gasteiger partial charge on any atom is 0.273 e. The predicted molar refractivity (Wildman–Crippen MR) is 157 cm³/mol. The highest BCUT2D eigenvalue weighted by atomic mass is 32.2. The molecule has 39 heavy (non-hydrogen) atoms. The second-order valence-electron chi connectivity index (χ2n) is 10.2.